The van der Waals surface area contributed by atoms with E-state index in [1.165, 1.54) is 6.07 Å². The minimum atomic E-state index is -0.510. The van der Waals surface area contributed by atoms with Crippen molar-refractivity contribution in [3.05, 3.63) is 75.7 Å². The fraction of sp³-hybridized carbons (Fsp3) is 0.227. The molecule has 0 radical (unpaired) electrons. The molecule has 0 aliphatic carbocycles. The molecule has 0 saturated carbocycles. The highest BCUT2D eigenvalue weighted by molar-refractivity contribution is 5.98. The van der Waals surface area contributed by atoms with Gasteiger partial charge >= 0.3 is 0 Å². The average molecular weight is 374 g/mol. The van der Waals surface area contributed by atoms with Crippen LogP contribution in [0.3, 0.4) is 0 Å². The summed E-state index contributed by atoms with van der Waals surface area (Å²) in [7, 11) is 0. The van der Waals surface area contributed by atoms with E-state index in [0.29, 0.717) is 5.65 Å². The van der Waals surface area contributed by atoms with E-state index < -0.39 is 6.04 Å². The summed E-state index contributed by atoms with van der Waals surface area (Å²) >= 11 is 0. The number of nitrogens with zero attached hydrogens (tertiary/aromatic N) is 3. The number of carbonyl (C=O) groups is 1. The molecule has 2 aromatic heterocycles. The van der Waals surface area contributed by atoms with Crippen LogP contribution < -0.4 is 10.9 Å². The van der Waals surface area contributed by atoms with Gasteiger partial charge in [-0.25, -0.2) is 4.52 Å². The number of anilines is 1. The summed E-state index contributed by atoms with van der Waals surface area (Å²) in [5, 5.41) is 3.91. The highest BCUT2D eigenvalue weighted by Crippen LogP contribution is 2.26. The molecule has 142 valence electrons. The molecular formula is C22H22N4O2. The Hall–Kier alpha value is -3.41. The van der Waals surface area contributed by atoms with Crippen LogP contribution in [0.1, 0.15) is 29.8 Å². The molecule has 1 N–H and O–H groups in total. The summed E-state index contributed by atoms with van der Waals surface area (Å²) in [6.45, 7) is 7.66. The number of aryl methyl sites for hydroxylation is 3. The van der Waals surface area contributed by atoms with E-state index in [9.17, 15) is 9.59 Å². The lowest BCUT2D eigenvalue weighted by molar-refractivity contribution is -0.119. The number of hydrogen-bond donors (Lipinski definition) is 1. The first-order chi connectivity index (χ1) is 13.4. The maximum absolute atomic E-state index is 13.2. The molecule has 0 aliphatic heterocycles. The quantitative estimate of drug-likeness (QED) is 0.593. The van der Waals surface area contributed by atoms with Gasteiger partial charge in [0.2, 0.25) is 5.91 Å². The van der Waals surface area contributed by atoms with Gasteiger partial charge < -0.3 is 5.32 Å². The Morgan fingerprint density at radius 3 is 2.43 bits per heavy atom. The second kappa shape index (κ2) is 6.64. The first kappa shape index (κ1) is 18.0. The largest absolute Gasteiger partial charge is 0.324 e. The number of carbonyl (C=O) groups excluding carboxylic acids is 1. The van der Waals surface area contributed by atoms with Crippen LogP contribution in [-0.2, 0) is 4.79 Å². The van der Waals surface area contributed by atoms with Gasteiger partial charge in [0.1, 0.15) is 6.04 Å². The van der Waals surface area contributed by atoms with E-state index in [0.717, 1.165) is 33.4 Å². The third-order valence-corrected chi connectivity index (χ3v) is 5.17. The molecule has 6 heteroatoms. The van der Waals surface area contributed by atoms with Crippen LogP contribution in [-0.4, -0.2) is 20.1 Å². The maximum atomic E-state index is 13.2. The van der Waals surface area contributed by atoms with E-state index in [2.05, 4.69) is 10.3 Å². The molecule has 1 amide bonds. The van der Waals surface area contributed by atoms with Crippen LogP contribution in [0.15, 0.2) is 53.3 Å². The fourth-order valence-electron chi connectivity index (χ4n) is 3.74. The van der Waals surface area contributed by atoms with Gasteiger partial charge in [0.25, 0.3) is 5.56 Å². The van der Waals surface area contributed by atoms with Crippen molar-refractivity contribution >= 4 is 28.1 Å². The van der Waals surface area contributed by atoms with E-state index in [-0.39, 0.29) is 11.5 Å². The van der Waals surface area contributed by atoms with Gasteiger partial charge in [-0.1, -0.05) is 30.3 Å². The predicted octanol–water partition coefficient (Wildman–Crippen LogP) is 3.77. The van der Waals surface area contributed by atoms with Crippen LogP contribution >= 0.6 is 0 Å². The Balaban J connectivity index is 1.88. The number of benzene rings is 2. The SMILES string of the molecule is Cc1cccc(C)c1NC(=O)C(C)n1c2ccccc2c2nc(=O)cc(C)n21. The first-order valence-corrected chi connectivity index (χ1v) is 9.25. The summed E-state index contributed by atoms with van der Waals surface area (Å²) < 4.78 is 3.75. The standard InChI is InChI=1S/C22H22N4O2/c1-13-8-7-9-14(2)20(13)24-22(28)16(4)26-18-11-6-5-10-17(18)21-23-19(27)12-15(3)25(21)26/h5-12,16H,1-4H3,(H,24,28). The summed E-state index contributed by atoms with van der Waals surface area (Å²) in [5.74, 6) is -0.127. The Kier molecular flexibility index (Phi) is 4.26. The number of rotatable bonds is 3. The molecule has 0 bridgehead atoms. The van der Waals surface area contributed by atoms with E-state index in [1.807, 2.05) is 79.4 Å². The maximum Gasteiger partial charge on any atom is 0.273 e. The topological polar surface area (TPSA) is 68.4 Å². The van der Waals surface area contributed by atoms with Crippen molar-refractivity contribution < 1.29 is 4.79 Å². The average Bonchev–Trinajstić information content (AvgIpc) is 2.99. The van der Waals surface area contributed by atoms with Crippen molar-refractivity contribution in [2.24, 2.45) is 0 Å². The predicted molar refractivity (Wildman–Crippen MR) is 111 cm³/mol. The van der Waals surface area contributed by atoms with Crippen LogP contribution in [0.2, 0.25) is 0 Å². The first-order valence-electron chi connectivity index (χ1n) is 9.25. The molecule has 1 atom stereocenters. The number of fused-ring (bicyclic) bond motifs is 3. The molecule has 6 nitrogen and oxygen atoms in total. The smallest absolute Gasteiger partial charge is 0.273 e. The summed E-state index contributed by atoms with van der Waals surface area (Å²) in [5.41, 5.74) is 4.74. The Morgan fingerprint density at radius 2 is 1.71 bits per heavy atom. The van der Waals surface area contributed by atoms with Gasteiger partial charge in [-0.2, -0.15) is 4.98 Å². The molecule has 2 aromatic carbocycles. The second-order valence-electron chi connectivity index (χ2n) is 7.16. The molecular weight excluding hydrogens is 352 g/mol. The molecule has 4 rings (SSSR count). The third-order valence-electron chi connectivity index (χ3n) is 5.17. The van der Waals surface area contributed by atoms with Gasteiger partial charge in [-0.15, -0.1) is 0 Å². The highest BCUT2D eigenvalue weighted by Gasteiger charge is 2.23. The van der Waals surface area contributed by atoms with Gasteiger partial charge in [-0.3, -0.25) is 14.3 Å². The van der Waals surface area contributed by atoms with Crippen LogP contribution in [0, 0.1) is 20.8 Å². The monoisotopic (exact) mass is 374 g/mol. The lowest BCUT2D eigenvalue weighted by atomic mass is 10.1. The molecule has 4 aromatic rings. The zero-order valence-corrected chi connectivity index (χ0v) is 16.4. The third kappa shape index (κ3) is 2.78. The van der Waals surface area contributed by atoms with Crippen LogP contribution in [0.5, 0.6) is 0 Å². The lowest BCUT2D eigenvalue weighted by Gasteiger charge is -2.19. The van der Waals surface area contributed by atoms with Crippen molar-refractivity contribution in [3.63, 3.8) is 0 Å². The Morgan fingerprint density at radius 1 is 1.04 bits per heavy atom. The Labute approximate surface area is 162 Å². The van der Waals surface area contributed by atoms with E-state index in [4.69, 9.17) is 0 Å². The second-order valence-corrected chi connectivity index (χ2v) is 7.16. The van der Waals surface area contributed by atoms with Gasteiger partial charge in [0.15, 0.2) is 5.65 Å². The van der Waals surface area contributed by atoms with Gasteiger partial charge in [0.05, 0.1) is 5.52 Å². The normalized spacial score (nSPS) is 12.4. The van der Waals surface area contributed by atoms with E-state index >= 15 is 0 Å². The van der Waals surface area contributed by atoms with Crippen molar-refractivity contribution in [2.45, 2.75) is 33.7 Å². The number of aromatic nitrogens is 3. The van der Waals surface area contributed by atoms with Gasteiger partial charge in [0, 0.05) is 22.8 Å². The Bertz CT molecular complexity index is 1260. The van der Waals surface area contributed by atoms with Crippen LogP contribution in [0.4, 0.5) is 5.69 Å². The van der Waals surface area contributed by atoms with Crippen molar-refractivity contribution in [2.75, 3.05) is 5.32 Å². The van der Waals surface area contributed by atoms with Crippen molar-refractivity contribution in [1.29, 1.82) is 0 Å². The zero-order chi connectivity index (χ0) is 20.0. The number of hydrogen-bond acceptors (Lipinski definition) is 3. The minimum Gasteiger partial charge on any atom is -0.324 e. The number of para-hydroxylation sites is 2. The highest BCUT2D eigenvalue weighted by atomic mass is 16.2. The summed E-state index contributed by atoms with van der Waals surface area (Å²) in [6, 6.07) is 14.6. The van der Waals surface area contributed by atoms with Crippen molar-refractivity contribution in [1.82, 2.24) is 14.2 Å². The molecule has 0 saturated heterocycles. The molecule has 0 aliphatic rings. The minimum absolute atomic E-state index is 0.127. The summed E-state index contributed by atoms with van der Waals surface area (Å²) in [4.78, 5) is 29.3. The van der Waals surface area contributed by atoms with E-state index in [1.54, 1.807) is 0 Å². The fourth-order valence-corrected chi connectivity index (χ4v) is 3.74. The number of amides is 1. The van der Waals surface area contributed by atoms with Crippen LogP contribution in [0.25, 0.3) is 16.6 Å². The van der Waals surface area contributed by atoms with Gasteiger partial charge in [-0.05, 0) is 51.0 Å². The molecule has 2 heterocycles. The molecule has 0 spiro atoms. The van der Waals surface area contributed by atoms with Crippen molar-refractivity contribution in [3.8, 4) is 0 Å². The number of nitrogens with one attached hydrogen (secondary N) is 1. The summed E-state index contributed by atoms with van der Waals surface area (Å²) in [6.07, 6.45) is 0. The zero-order valence-electron chi connectivity index (χ0n) is 16.4. The molecule has 0 fully saturated rings. The molecule has 1 unspecified atom stereocenters. The lowest BCUT2D eigenvalue weighted by Crippen LogP contribution is -2.27. The molecule has 28 heavy (non-hydrogen) atoms.